The first-order chi connectivity index (χ1) is 7.20. The average Bonchev–Trinajstić information content (AvgIpc) is 2.61. The van der Waals surface area contributed by atoms with Crippen molar-refractivity contribution in [3.05, 3.63) is 17.0 Å². The zero-order valence-electron chi connectivity index (χ0n) is 9.93. The van der Waals surface area contributed by atoms with E-state index < -0.39 is 0 Å². The van der Waals surface area contributed by atoms with Crippen LogP contribution in [0.3, 0.4) is 0 Å². The molecule has 0 bridgehead atoms. The first kappa shape index (κ1) is 10.7. The molecule has 2 rings (SSSR count). The summed E-state index contributed by atoms with van der Waals surface area (Å²) < 4.78 is 0. The summed E-state index contributed by atoms with van der Waals surface area (Å²) in [5.41, 5.74) is 4.02. The van der Waals surface area contributed by atoms with Crippen LogP contribution in [-0.4, -0.2) is 23.3 Å². The summed E-state index contributed by atoms with van der Waals surface area (Å²) in [6.07, 6.45) is 2.45. The second-order valence-electron chi connectivity index (χ2n) is 4.83. The van der Waals surface area contributed by atoms with Gasteiger partial charge in [-0.15, -0.1) is 0 Å². The van der Waals surface area contributed by atoms with Crippen LogP contribution in [0.15, 0.2) is 0 Å². The highest BCUT2D eigenvalue weighted by atomic mass is 15.1. The van der Waals surface area contributed by atoms with Crippen LogP contribution in [0.1, 0.15) is 55.5 Å². The number of nitrogens with zero attached hydrogens (tertiary/aromatic N) is 1. The molecule has 0 radical (unpaired) electrons. The molecule has 2 heterocycles. The number of nitrogens with one attached hydrogen (secondary N) is 2. The van der Waals surface area contributed by atoms with Gasteiger partial charge in [0.05, 0.1) is 5.69 Å². The molecule has 2 N–H and O–H groups in total. The summed E-state index contributed by atoms with van der Waals surface area (Å²) in [6.45, 7) is 8.90. The van der Waals surface area contributed by atoms with E-state index in [9.17, 15) is 0 Å². The fourth-order valence-electron chi connectivity index (χ4n) is 2.59. The Kier molecular flexibility index (Phi) is 3.10. The number of H-pyrrole nitrogens is 1. The van der Waals surface area contributed by atoms with Gasteiger partial charge in [-0.1, -0.05) is 13.8 Å². The smallest absolute Gasteiger partial charge is 0.0691 e. The molecule has 84 valence electrons. The second-order valence-corrected chi connectivity index (χ2v) is 4.83. The summed E-state index contributed by atoms with van der Waals surface area (Å²) in [4.78, 5) is 0. The second kappa shape index (κ2) is 4.35. The third-order valence-corrected chi connectivity index (χ3v) is 3.33. The molecule has 1 fully saturated rings. The van der Waals surface area contributed by atoms with Crippen molar-refractivity contribution in [2.75, 3.05) is 13.1 Å². The molecule has 1 aliphatic heterocycles. The van der Waals surface area contributed by atoms with Gasteiger partial charge in [-0.2, -0.15) is 5.10 Å². The van der Waals surface area contributed by atoms with E-state index >= 15 is 0 Å². The zero-order valence-corrected chi connectivity index (χ0v) is 9.93. The Balaban J connectivity index is 2.26. The van der Waals surface area contributed by atoms with Crippen molar-refractivity contribution in [1.29, 1.82) is 0 Å². The van der Waals surface area contributed by atoms with Crippen LogP contribution in [0.5, 0.6) is 0 Å². The highest BCUT2D eigenvalue weighted by Gasteiger charge is 2.23. The van der Waals surface area contributed by atoms with Crippen LogP contribution < -0.4 is 5.32 Å². The molecule has 1 aromatic heterocycles. The number of hydrogen-bond acceptors (Lipinski definition) is 2. The summed E-state index contributed by atoms with van der Waals surface area (Å²) in [5.74, 6) is 1.24. The average molecular weight is 207 g/mol. The molecule has 0 saturated carbocycles. The van der Waals surface area contributed by atoms with Gasteiger partial charge in [-0.3, -0.25) is 5.10 Å². The lowest BCUT2D eigenvalue weighted by Gasteiger charge is -2.22. The number of aryl methyl sites for hydroxylation is 1. The normalized spacial score (nSPS) is 18.7. The van der Waals surface area contributed by atoms with Crippen LogP contribution in [0.25, 0.3) is 0 Å². The van der Waals surface area contributed by atoms with E-state index in [4.69, 9.17) is 0 Å². The lowest BCUT2D eigenvalue weighted by atomic mass is 9.88. The Morgan fingerprint density at radius 1 is 1.27 bits per heavy atom. The molecule has 0 unspecified atom stereocenters. The van der Waals surface area contributed by atoms with Crippen molar-refractivity contribution < 1.29 is 0 Å². The maximum atomic E-state index is 4.51. The van der Waals surface area contributed by atoms with Gasteiger partial charge < -0.3 is 5.32 Å². The number of piperidine rings is 1. The van der Waals surface area contributed by atoms with Gasteiger partial charge >= 0.3 is 0 Å². The topological polar surface area (TPSA) is 40.7 Å². The van der Waals surface area contributed by atoms with Gasteiger partial charge in [0.2, 0.25) is 0 Å². The largest absolute Gasteiger partial charge is 0.317 e. The Morgan fingerprint density at radius 3 is 2.53 bits per heavy atom. The monoisotopic (exact) mass is 207 g/mol. The van der Waals surface area contributed by atoms with E-state index in [1.165, 1.54) is 29.8 Å². The van der Waals surface area contributed by atoms with E-state index in [1.807, 2.05) is 0 Å². The first-order valence-corrected chi connectivity index (χ1v) is 5.95. The summed E-state index contributed by atoms with van der Waals surface area (Å²) in [6, 6.07) is 0. The van der Waals surface area contributed by atoms with E-state index in [0.717, 1.165) is 13.1 Å². The predicted octanol–water partition coefficient (Wildman–Crippen LogP) is 2.31. The Bertz CT molecular complexity index is 322. The Labute approximate surface area is 91.7 Å². The molecule has 0 atom stereocenters. The first-order valence-electron chi connectivity index (χ1n) is 5.95. The maximum absolute atomic E-state index is 4.51. The molecule has 0 spiro atoms. The molecular formula is C12H21N3. The van der Waals surface area contributed by atoms with Crippen LogP contribution in [0.2, 0.25) is 0 Å². The van der Waals surface area contributed by atoms with E-state index in [0.29, 0.717) is 11.8 Å². The number of hydrogen-bond donors (Lipinski definition) is 2. The van der Waals surface area contributed by atoms with Crippen LogP contribution in [-0.2, 0) is 0 Å². The predicted molar refractivity (Wildman–Crippen MR) is 62.3 cm³/mol. The number of aromatic nitrogens is 2. The quantitative estimate of drug-likeness (QED) is 0.781. The third-order valence-electron chi connectivity index (χ3n) is 3.33. The Morgan fingerprint density at radius 2 is 1.93 bits per heavy atom. The van der Waals surface area contributed by atoms with E-state index in [1.54, 1.807) is 0 Å². The van der Waals surface area contributed by atoms with Crippen LogP contribution in [0, 0.1) is 6.92 Å². The molecule has 15 heavy (non-hydrogen) atoms. The summed E-state index contributed by atoms with van der Waals surface area (Å²) >= 11 is 0. The lowest BCUT2D eigenvalue weighted by Crippen LogP contribution is -2.27. The van der Waals surface area contributed by atoms with Crippen molar-refractivity contribution in [2.24, 2.45) is 0 Å². The SMILES string of the molecule is Cc1[nH]nc(C2CCNCC2)c1C(C)C. The van der Waals surface area contributed by atoms with Gasteiger partial charge in [0.1, 0.15) is 0 Å². The minimum absolute atomic E-state index is 0.577. The van der Waals surface area contributed by atoms with Crippen LogP contribution >= 0.6 is 0 Å². The molecule has 3 heteroatoms. The highest BCUT2D eigenvalue weighted by molar-refractivity contribution is 5.30. The van der Waals surface area contributed by atoms with Gasteiger partial charge in [0.25, 0.3) is 0 Å². The summed E-state index contributed by atoms with van der Waals surface area (Å²) in [5, 5.41) is 11.1. The van der Waals surface area contributed by atoms with Gasteiger partial charge in [-0.05, 0) is 44.3 Å². The lowest BCUT2D eigenvalue weighted by molar-refractivity contribution is 0.449. The van der Waals surface area contributed by atoms with Crippen molar-refractivity contribution in [1.82, 2.24) is 15.5 Å². The third kappa shape index (κ3) is 2.07. The maximum Gasteiger partial charge on any atom is 0.0691 e. The standard InChI is InChI=1S/C12H21N3/c1-8(2)11-9(3)14-15-12(11)10-4-6-13-7-5-10/h8,10,13H,4-7H2,1-3H3,(H,14,15). The van der Waals surface area contributed by atoms with Gasteiger partial charge in [0.15, 0.2) is 0 Å². The molecule has 0 aliphatic carbocycles. The van der Waals surface area contributed by atoms with Gasteiger partial charge in [-0.25, -0.2) is 0 Å². The molecule has 1 aromatic rings. The number of rotatable bonds is 2. The van der Waals surface area contributed by atoms with Crippen molar-refractivity contribution >= 4 is 0 Å². The molecule has 0 amide bonds. The molecule has 1 saturated heterocycles. The number of aromatic amines is 1. The van der Waals surface area contributed by atoms with Crippen LogP contribution in [0.4, 0.5) is 0 Å². The van der Waals surface area contributed by atoms with Crippen molar-refractivity contribution in [2.45, 2.75) is 45.4 Å². The minimum Gasteiger partial charge on any atom is -0.317 e. The van der Waals surface area contributed by atoms with Crippen molar-refractivity contribution in [3.63, 3.8) is 0 Å². The van der Waals surface area contributed by atoms with E-state index in [-0.39, 0.29) is 0 Å². The molecular weight excluding hydrogens is 186 g/mol. The molecule has 0 aromatic carbocycles. The fraction of sp³-hybridized carbons (Fsp3) is 0.750. The highest BCUT2D eigenvalue weighted by Crippen LogP contribution is 2.31. The Hall–Kier alpha value is -0.830. The molecule has 3 nitrogen and oxygen atoms in total. The van der Waals surface area contributed by atoms with Crippen molar-refractivity contribution in [3.8, 4) is 0 Å². The fourth-order valence-corrected chi connectivity index (χ4v) is 2.59. The summed E-state index contributed by atoms with van der Waals surface area (Å²) in [7, 11) is 0. The van der Waals surface area contributed by atoms with Gasteiger partial charge in [0, 0.05) is 11.6 Å². The minimum atomic E-state index is 0.577. The van der Waals surface area contributed by atoms with E-state index in [2.05, 4.69) is 36.3 Å². The zero-order chi connectivity index (χ0) is 10.8. The molecule has 1 aliphatic rings.